The number of amides is 1. The van der Waals surface area contributed by atoms with Crippen molar-refractivity contribution in [2.45, 2.75) is 12.8 Å². The largest absolute Gasteiger partial charge is 0.355 e. The molecule has 1 amide bonds. The third kappa shape index (κ3) is 3.74. The van der Waals surface area contributed by atoms with Gasteiger partial charge < -0.3 is 14.7 Å². The van der Waals surface area contributed by atoms with Gasteiger partial charge in [0.15, 0.2) is 11.5 Å². The van der Waals surface area contributed by atoms with Crippen LogP contribution in [-0.2, 0) is 0 Å². The van der Waals surface area contributed by atoms with Crippen LogP contribution >= 0.6 is 11.6 Å². The molecular weight excluding hydrogens is 314 g/mol. The SMILES string of the molecule is CNCC1CCN(C(=O)c2cc(-c3ccc(Cl)cc3)on2)CC1. The number of hydrogen-bond donors (Lipinski definition) is 1. The summed E-state index contributed by atoms with van der Waals surface area (Å²) in [4.78, 5) is 14.4. The van der Waals surface area contributed by atoms with Crippen LogP contribution in [0.5, 0.6) is 0 Å². The van der Waals surface area contributed by atoms with Crippen LogP contribution in [0.15, 0.2) is 34.9 Å². The number of nitrogens with zero attached hydrogens (tertiary/aromatic N) is 2. The lowest BCUT2D eigenvalue weighted by atomic mass is 9.96. The van der Waals surface area contributed by atoms with Gasteiger partial charge in [0.1, 0.15) is 0 Å². The average molecular weight is 334 g/mol. The molecular formula is C17H20ClN3O2. The summed E-state index contributed by atoms with van der Waals surface area (Å²) in [7, 11) is 1.96. The number of likely N-dealkylation sites (tertiary alicyclic amines) is 1. The van der Waals surface area contributed by atoms with Gasteiger partial charge in [-0.05, 0) is 56.6 Å². The van der Waals surface area contributed by atoms with Crippen molar-refractivity contribution in [3.63, 3.8) is 0 Å². The Morgan fingerprint density at radius 2 is 2.04 bits per heavy atom. The third-order valence-corrected chi connectivity index (χ3v) is 4.50. The van der Waals surface area contributed by atoms with E-state index in [-0.39, 0.29) is 5.91 Å². The Labute approximate surface area is 140 Å². The number of benzene rings is 1. The van der Waals surface area contributed by atoms with Crippen LogP contribution in [0.1, 0.15) is 23.3 Å². The fraction of sp³-hybridized carbons (Fsp3) is 0.412. The minimum Gasteiger partial charge on any atom is -0.355 e. The molecule has 5 nitrogen and oxygen atoms in total. The second-order valence-electron chi connectivity index (χ2n) is 5.88. The second kappa shape index (κ2) is 7.15. The predicted molar refractivity (Wildman–Crippen MR) is 89.5 cm³/mol. The summed E-state index contributed by atoms with van der Waals surface area (Å²) in [6, 6.07) is 8.97. The van der Waals surface area contributed by atoms with Crippen LogP contribution in [0.25, 0.3) is 11.3 Å². The third-order valence-electron chi connectivity index (χ3n) is 4.25. The van der Waals surface area contributed by atoms with Gasteiger partial charge in [-0.3, -0.25) is 4.79 Å². The first kappa shape index (κ1) is 16.0. The monoisotopic (exact) mass is 333 g/mol. The molecule has 0 atom stereocenters. The summed E-state index contributed by atoms with van der Waals surface area (Å²) in [5.41, 5.74) is 1.22. The van der Waals surface area contributed by atoms with Gasteiger partial charge in [0.25, 0.3) is 5.91 Å². The van der Waals surface area contributed by atoms with Crippen molar-refractivity contribution >= 4 is 17.5 Å². The highest BCUT2D eigenvalue weighted by atomic mass is 35.5. The number of piperidine rings is 1. The Morgan fingerprint density at radius 1 is 1.35 bits per heavy atom. The molecule has 0 radical (unpaired) electrons. The van der Waals surface area contributed by atoms with E-state index in [9.17, 15) is 4.79 Å². The molecule has 1 N–H and O–H groups in total. The molecule has 0 aliphatic carbocycles. The number of halogens is 1. The Balaban J connectivity index is 1.66. The maximum atomic E-state index is 12.5. The van der Waals surface area contributed by atoms with Crippen LogP contribution in [0.3, 0.4) is 0 Å². The molecule has 1 aromatic carbocycles. The zero-order valence-electron chi connectivity index (χ0n) is 13.1. The predicted octanol–water partition coefficient (Wildman–Crippen LogP) is 3.07. The van der Waals surface area contributed by atoms with Gasteiger partial charge in [0.05, 0.1) is 0 Å². The molecule has 0 saturated carbocycles. The molecule has 1 aliphatic rings. The van der Waals surface area contributed by atoms with Crippen molar-refractivity contribution in [2.24, 2.45) is 5.92 Å². The van der Waals surface area contributed by atoms with Crippen LogP contribution < -0.4 is 5.32 Å². The summed E-state index contributed by atoms with van der Waals surface area (Å²) in [5.74, 6) is 1.16. The lowest BCUT2D eigenvalue weighted by molar-refractivity contribution is 0.0680. The molecule has 122 valence electrons. The summed E-state index contributed by atoms with van der Waals surface area (Å²) in [6.07, 6.45) is 2.04. The molecule has 23 heavy (non-hydrogen) atoms. The Kier molecular flexibility index (Phi) is 4.98. The number of carbonyl (C=O) groups excluding carboxylic acids is 1. The first-order valence-corrected chi connectivity index (χ1v) is 8.21. The molecule has 3 rings (SSSR count). The Morgan fingerprint density at radius 3 is 2.70 bits per heavy atom. The van der Waals surface area contributed by atoms with Crippen LogP contribution in [0.2, 0.25) is 5.02 Å². The topological polar surface area (TPSA) is 58.4 Å². The number of rotatable bonds is 4. The van der Waals surface area contributed by atoms with Crippen molar-refractivity contribution in [2.75, 3.05) is 26.7 Å². The standard InChI is InChI=1S/C17H20ClN3O2/c1-19-11-12-6-8-21(9-7-12)17(22)15-10-16(23-20-15)13-2-4-14(18)5-3-13/h2-5,10,12,19H,6-9,11H2,1H3. The molecule has 0 unspecified atom stereocenters. The fourth-order valence-electron chi connectivity index (χ4n) is 2.92. The minimum absolute atomic E-state index is 0.0585. The molecule has 2 aromatic rings. The van der Waals surface area contributed by atoms with Crippen molar-refractivity contribution in [1.29, 1.82) is 0 Å². The highest BCUT2D eigenvalue weighted by Gasteiger charge is 2.25. The quantitative estimate of drug-likeness (QED) is 0.934. The first-order valence-electron chi connectivity index (χ1n) is 7.84. The Bertz CT molecular complexity index is 661. The van der Waals surface area contributed by atoms with Crippen LogP contribution in [-0.4, -0.2) is 42.6 Å². The highest BCUT2D eigenvalue weighted by molar-refractivity contribution is 6.30. The molecule has 1 saturated heterocycles. The normalized spacial score (nSPS) is 15.8. The molecule has 1 aliphatic heterocycles. The maximum Gasteiger partial charge on any atom is 0.276 e. The summed E-state index contributed by atoms with van der Waals surface area (Å²) in [6.45, 7) is 2.55. The van der Waals surface area contributed by atoms with Crippen molar-refractivity contribution < 1.29 is 9.32 Å². The highest BCUT2D eigenvalue weighted by Crippen LogP contribution is 2.24. The number of carbonyl (C=O) groups is 1. The van der Waals surface area contributed by atoms with Crippen molar-refractivity contribution in [3.8, 4) is 11.3 Å². The van der Waals surface area contributed by atoms with Gasteiger partial charge >= 0.3 is 0 Å². The molecule has 0 bridgehead atoms. The summed E-state index contributed by atoms with van der Waals surface area (Å²) < 4.78 is 5.31. The van der Waals surface area contributed by atoms with Gasteiger partial charge in [-0.25, -0.2) is 0 Å². The Hall–Kier alpha value is -1.85. The van der Waals surface area contributed by atoms with Gasteiger partial charge in [-0.15, -0.1) is 0 Å². The van der Waals surface area contributed by atoms with Crippen LogP contribution in [0, 0.1) is 5.92 Å². The van der Waals surface area contributed by atoms with E-state index in [0.29, 0.717) is 22.4 Å². The summed E-state index contributed by atoms with van der Waals surface area (Å²) >= 11 is 5.88. The molecule has 6 heteroatoms. The molecule has 0 spiro atoms. The minimum atomic E-state index is -0.0585. The van der Waals surface area contributed by atoms with Gasteiger partial charge in [0.2, 0.25) is 0 Å². The van der Waals surface area contributed by atoms with E-state index in [4.69, 9.17) is 16.1 Å². The smallest absolute Gasteiger partial charge is 0.276 e. The average Bonchev–Trinajstić information content (AvgIpc) is 3.06. The first-order chi connectivity index (χ1) is 11.2. The lowest BCUT2D eigenvalue weighted by Crippen LogP contribution is -2.40. The fourth-order valence-corrected chi connectivity index (χ4v) is 3.04. The zero-order chi connectivity index (χ0) is 16.2. The number of aromatic nitrogens is 1. The van der Waals surface area contributed by atoms with Gasteiger partial charge in [0, 0.05) is 29.7 Å². The van der Waals surface area contributed by atoms with E-state index < -0.39 is 0 Å². The zero-order valence-corrected chi connectivity index (χ0v) is 13.8. The molecule has 2 heterocycles. The second-order valence-corrected chi connectivity index (χ2v) is 6.31. The van der Waals surface area contributed by atoms with Crippen molar-refractivity contribution in [3.05, 3.63) is 41.0 Å². The number of hydrogen-bond acceptors (Lipinski definition) is 4. The van der Waals surface area contributed by atoms with E-state index in [1.54, 1.807) is 18.2 Å². The van der Waals surface area contributed by atoms with Crippen molar-refractivity contribution in [1.82, 2.24) is 15.4 Å². The van der Waals surface area contributed by atoms with E-state index >= 15 is 0 Å². The van der Waals surface area contributed by atoms with E-state index in [2.05, 4.69) is 10.5 Å². The summed E-state index contributed by atoms with van der Waals surface area (Å²) in [5, 5.41) is 7.79. The number of nitrogens with one attached hydrogen (secondary N) is 1. The van der Waals surface area contributed by atoms with Gasteiger partial charge in [-0.1, -0.05) is 16.8 Å². The van der Waals surface area contributed by atoms with E-state index in [1.807, 2.05) is 24.1 Å². The molecule has 1 aromatic heterocycles. The van der Waals surface area contributed by atoms with E-state index in [0.717, 1.165) is 38.0 Å². The maximum absolute atomic E-state index is 12.5. The van der Waals surface area contributed by atoms with Gasteiger partial charge in [-0.2, -0.15) is 0 Å². The lowest BCUT2D eigenvalue weighted by Gasteiger charge is -2.31. The van der Waals surface area contributed by atoms with E-state index in [1.165, 1.54) is 0 Å². The van der Waals surface area contributed by atoms with Crippen LogP contribution in [0.4, 0.5) is 0 Å². The molecule has 1 fully saturated rings.